The van der Waals surface area contributed by atoms with Crippen molar-refractivity contribution < 1.29 is 14.3 Å². The van der Waals surface area contributed by atoms with Crippen LogP contribution in [0.3, 0.4) is 0 Å². The fourth-order valence-corrected chi connectivity index (χ4v) is 2.94. The first kappa shape index (κ1) is 19.6. The van der Waals surface area contributed by atoms with Crippen LogP contribution in [0, 0.1) is 0 Å². The highest BCUT2D eigenvalue weighted by molar-refractivity contribution is 5.95. The maximum atomic E-state index is 12.5. The topological polar surface area (TPSA) is 73.6 Å². The molecule has 0 heterocycles. The lowest BCUT2D eigenvalue weighted by atomic mass is 9.97. The summed E-state index contributed by atoms with van der Waals surface area (Å²) < 4.78 is 11.1. The Hall–Kier alpha value is -1.46. The SMILES string of the molecule is CCOc1ccc(C(=O)NC2(CN)CCCC2)cc1OCC.Cl. The van der Waals surface area contributed by atoms with Gasteiger partial charge in [0.1, 0.15) is 0 Å². The van der Waals surface area contributed by atoms with Crippen molar-refractivity contribution in [3.05, 3.63) is 23.8 Å². The van der Waals surface area contributed by atoms with Crippen molar-refractivity contribution in [2.24, 2.45) is 5.73 Å². The summed E-state index contributed by atoms with van der Waals surface area (Å²) in [5.74, 6) is 1.16. The average molecular weight is 343 g/mol. The lowest BCUT2D eigenvalue weighted by Crippen LogP contribution is -2.51. The van der Waals surface area contributed by atoms with Crippen molar-refractivity contribution in [1.29, 1.82) is 0 Å². The number of hydrogen-bond acceptors (Lipinski definition) is 4. The van der Waals surface area contributed by atoms with Crippen LogP contribution in [0.15, 0.2) is 18.2 Å². The summed E-state index contributed by atoms with van der Waals surface area (Å²) >= 11 is 0. The van der Waals surface area contributed by atoms with Crippen molar-refractivity contribution in [2.75, 3.05) is 19.8 Å². The molecule has 6 heteroatoms. The van der Waals surface area contributed by atoms with Crippen LogP contribution in [0.4, 0.5) is 0 Å². The third kappa shape index (κ3) is 4.75. The molecular formula is C17H27ClN2O3. The van der Waals surface area contributed by atoms with Crippen molar-refractivity contribution in [3.63, 3.8) is 0 Å². The van der Waals surface area contributed by atoms with Gasteiger partial charge >= 0.3 is 0 Å². The quantitative estimate of drug-likeness (QED) is 0.799. The Kier molecular flexibility index (Phi) is 7.65. The summed E-state index contributed by atoms with van der Waals surface area (Å²) in [5, 5.41) is 3.12. The van der Waals surface area contributed by atoms with E-state index in [0.717, 1.165) is 25.7 Å². The van der Waals surface area contributed by atoms with E-state index >= 15 is 0 Å². The minimum Gasteiger partial charge on any atom is -0.490 e. The van der Waals surface area contributed by atoms with Gasteiger partial charge < -0.3 is 20.5 Å². The van der Waals surface area contributed by atoms with Gasteiger partial charge in [0.25, 0.3) is 5.91 Å². The van der Waals surface area contributed by atoms with Crippen LogP contribution in [0.25, 0.3) is 0 Å². The zero-order valence-electron chi connectivity index (χ0n) is 13.9. The van der Waals surface area contributed by atoms with Gasteiger partial charge in [-0.25, -0.2) is 0 Å². The molecule has 1 aromatic carbocycles. The third-order valence-corrected chi connectivity index (χ3v) is 4.14. The van der Waals surface area contributed by atoms with E-state index in [-0.39, 0.29) is 23.9 Å². The fourth-order valence-electron chi connectivity index (χ4n) is 2.94. The molecular weight excluding hydrogens is 316 g/mol. The average Bonchev–Trinajstić information content (AvgIpc) is 2.98. The predicted octanol–water partition coefficient (Wildman–Crippen LogP) is 2.91. The van der Waals surface area contributed by atoms with Crippen LogP contribution in [0.2, 0.25) is 0 Å². The Balaban J connectivity index is 0.00000264. The van der Waals surface area contributed by atoms with Crippen LogP contribution in [0.1, 0.15) is 49.9 Å². The zero-order chi connectivity index (χ0) is 16.0. The Morgan fingerprint density at radius 3 is 2.35 bits per heavy atom. The number of ether oxygens (including phenoxy) is 2. The number of amides is 1. The summed E-state index contributed by atoms with van der Waals surface area (Å²) in [7, 11) is 0. The van der Waals surface area contributed by atoms with E-state index < -0.39 is 0 Å². The Morgan fingerprint density at radius 1 is 1.17 bits per heavy atom. The Bertz CT molecular complexity index is 517. The molecule has 0 unspecified atom stereocenters. The number of halogens is 1. The summed E-state index contributed by atoms with van der Waals surface area (Å²) in [6, 6.07) is 5.29. The summed E-state index contributed by atoms with van der Waals surface area (Å²) in [4.78, 5) is 12.5. The largest absolute Gasteiger partial charge is 0.490 e. The molecule has 1 amide bonds. The molecule has 0 aliphatic heterocycles. The lowest BCUT2D eigenvalue weighted by molar-refractivity contribution is 0.0902. The second kappa shape index (κ2) is 8.99. The highest BCUT2D eigenvalue weighted by Gasteiger charge is 2.34. The smallest absolute Gasteiger partial charge is 0.251 e. The number of nitrogens with one attached hydrogen (secondary N) is 1. The van der Waals surface area contributed by atoms with Gasteiger partial charge in [0.15, 0.2) is 11.5 Å². The van der Waals surface area contributed by atoms with Gasteiger partial charge in [-0.2, -0.15) is 0 Å². The van der Waals surface area contributed by atoms with Gasteiger partial charge in [-0.05, 0) is 44.9 Å². The van der Waals surface area contributed by atoms with Crippen molar-refractivity contribution in [2.45, 2.75) is 45.1 Å². The van der Waals surface area contributed by atoms with E-state index in [2.05, 4.69) is 5.32 Å². The van der Waals surface area contributed by atoms with Crippen LogP contribution < -0.4 is 20.5 Å². The molecule has 0 radical (unpaired) electrons. The molecule has 0 spiro atoms. The fraction of sp³-hybridized carbons (Fsp3) is 0.588. The van der Waals surface area contributed by atoms with Crippen LogP contribution in [-0.4, -0.2) is 31.2 Å². The Labute approximate surface area is 144 Å². The molecule has 0 saturated heterocycles. The number of carbonyl (C=O) groups is 1. The molecule has 23 heavy (non-hydrogen) atoms. The highest BCUT2D eigenvalue weighted by Crippen LogP contribution is 2.31. The maximum absolute atomic E-state index is 12.5. The predicted molar refractivity (Wildman–Crippen MR) is 93.7 cm³/mol. The highest BCUT2D eigenvalue weighted by atomic mass is 35.5. The van der Waals surface area contributed by atoms with E-state index in [1.165, 1.54) is 0 Å². The molecule has 130 valence electrons. The molecule has 1 saturated carbocycles. The van der Waals surface area contributed by atoms with Crippen LogP contribution in [-0.2, 0) is 0 Å². The number of carbonyl (C=O) groups excluding carboxylic acids is 1. The molecule has 1 aliphatic carbocycles. The van der Waals surface area contributed by atoms with Gasteiger partial charge in [0.05, 0.1) is 18.8 Å². The molecule has 1 fully saturated rings. The minimum atomic E-state index is -0.249. The van der Waals surface area contributed by atoms with E-state index in [1.54, 1.807) is 18.2 Å². The molecule has 0 atom stereocenters. The molecule has 0 bridgehead atoms. The van der Waals surface area contributed by atoms with Gasteiger partial charge in [-0.3, -0.25) is 4.79 Å². The van der Waals surface area contributed by atoms with Crippen molar-refractivity contribution in [1.82, 2.24) is 5.32 Å². The van der Waals surface area contributed by atoms with E-state index in [0.29, 0.717) is 36.8 Å². The van der Waals surface area contributed by atoms with E-state index in [4.69, 9.17) is 15.2 Å². The molecule has 1 aromatic rings. The normalized spacial score (nSPS) is 15.6. The molecule has 1 aliphatic rings. The Morgan fingerprint density at radius 2 is 1.78 bits per heavy atom. The summed E-state index contributed by atoms with van der Waals surface area (Å²) in [6.07, 6.45) is 4.13. The monoisotopic (exact) mass is 342 g/mol. The summed E-state index contributed by atoms with van der Waals surface area (Å²) in [6.45, 7) is 5.39. The maximum Gasteiger partial charge on any atom is 0.251 e. The van der Waals surface area contributed by atoms with E-state index in [9.17, 15) is 4.79 Å². The third-order valence-electron chi connectivity index (χ3n) is 4.14. The lowest BCUT2D eigenvalue weighted by Gasteiger charge is -2.28. The van der Waals surface area contributed by atoms with E-state index in [1.807, 2.05) is 13.8 Å². The second-order valence-electron chi connectivity index (χ2n) is 5.67. The van der Waals surface area contributed by atoms with Gasteiger partial charge in [-0.15, -0.1) is 12.4 Å². The van der Waals surface area contributed by atoms with Crippen LogP contribution >= 0.6 is 12.4 Å². The van der Waals surface area contributed by atoms with Crippen LogP contribution in [0.5, 0.6) is 11.5 Å². The van der Waals surface area contributed by atoms with Crippen molar-refractivity contribution >= 4 is 18.3 Å². The number of benzene rings is 1. The first-order valence-corrected chi connectivity index (χ1v) is 8.06. The standard InChI is InChI=1S/C17H26N2O3.ClH/c1-3-21-14-8-7-13(11-15(14)22-4-2)16(20)19-17(12-18)9-5-6-10-17;/h7-8,11H,3-6,9-10,12,18H2,1-2H3,(H,19,20);1H. The number of nitrogens with two attached hydrogens (primary N) is 1. The van der Waals surface area contributed by atoms with Gasteiger partial charge in [-0.1, -0.05) is 12.8 Å². The second-order valence-corrected chi connectivity index (χ2v) is 5.67. The molecule has 5 nitrogen and oxygen atoms in total. The number of hydrogen-bond donors (Lipinski definition) is 2. The molecule has 0 aromatic heterocycles. The van der Waals surface area contributed by atoms with Crippen molar-refractivity contribution in [3.8, 4) is 11.5 Å². The first-order chi connectivity index (χ1) is 10.6. The minimum absolute atomic E-state index is 0. The molecule has 2 rings (SSSR count). The molecule has 3 N–H and O–H groups in total. The summed E-state index contributed by atoms with van der Waals surface area (Å²) in [5.41, 5.74) is 6.20. The van der Waals surface area contributed by atoms with Gasteiger partial charge in [0.2, 0.25) is 0 Å². The first-order valence-electron chi connectivity index (χ1n) is 8.06. The van der Waals surface area contributed by atoms with Gasteiger partial charge in [0, 0.05) is 12.1 Å². The number of rotatable bonds is 7. The zero-order valence-corrected chi connectivity index (χ0v) is 14.7.